The quantitative estimate of drug-likeness (QED) is 0.793. The summed E-state index contributed by atoms with van der Waals surface area (Å²) in [4.78, 5) is 27.1. The van der Waals surface area contributed by atoms with Crippen LogP contribution in [-0.2, 0) is 24.2 Å². The number of para-hydroxylation sites is 2. The van der Waals surface area contributed by atoms with Gasteiger partial charge in [0.1, 0.15) is 6.61 Å². The molecule has 0 spiro atoms. The average molecular weight is 395 g/mol. The Morgan fingerprint density at radius 2 is 1.93 bits per heavy atom. The third-order valence-electron chi connectivity index (χ3n) is 6.17. The Kier molecular flexibility index (Phi) is 4.73. The second-order valence-electron chi connectivity index (χ2n) is 8.12. The number of piperidine rings is 1. The van der Waals surface area contributed by atoms with Gasteiger partial charge in [0, 0.05) is 25.7 Å². The average Bonchev–Trinajstić information content (AvgIpc) is 3.21. The minimum Gasteiger partial charge on any atom is -0.485 e. The molecule has 2 aliphatic heterocycles. The molecule has 1 atom stereocenters. The molecule has 1 amide bonds. The molecule has 7 nitrogen and oxygen atoms in total. The number of hydrogen-bond acceptors (Lipinski definition) is 5. The van der Waals surface area contributed by atoms with E-state index in [-0.39, 0.29) is 18.1 Å². The van der Waals surface area contributed by atoms with Crippen LogP contribution in [-0.4, -0.2) is 46.4 Å². The number of hydrogen-bond donors (Lipinski definition) is 0. The fraction of sp³-hybridized carbons (Fsp3) is 0.500. The number of carbonyl (C=O) groups is 1. The van der Waals surface area contributed by atoms with Crippen molar-refractivity contribution in [1.82, 2.24) is 14.7 Å². The molecule has 29 heavy (non-hydrogen) atoms. The number of aromatic nitrogens is 2. The number of carbonyl (C=O) groups excluding carboxylic acids is 1. The summed E-state index contributed by atoms with van der Waals surface area (Å²) >= 11 is 0. The lowest BCUT2D eigenvalue weighted by atomic mass is 9.96. The summed E-state index contributed by atoms with van der Waals surface area (Å²) in [5.74, 6) is 1.63. The first-order valence-electron chi connectivity index (χ1n) is 10.4. The molecule has 0 saturated carbocycles. The Morgan fingerprint density at radius 3 is 2.76 bits per heavy atom. The number of benzene rings is 1. The first-order valence-corrected chi connectivity index (χ1v) is 10.4. The van der Waals surface area contributed by atoms with Gasteiger partial charge in [0.25, 0.3) is 11.5 Å². The molecule has 1 aromatic heterocycles. The maximum Gasteiger partial charge on any atom is 0.267 e. The molecule has 3 heterocycles. The zero-order chi connectivity index (χ0) is 19.8. The highest BCUT2D eigenvalue weighted by Gasteiger charge is 2.33. The van der Waals surface area contributed by atoms with Crippen LogP contribution < -0.4 is 15.0 Å². The topological polar surface area (TPSA) is 73.7 Å². The lowest BCUT2D eigenvalue weighted by molar-refractivity contribution is -0.142. The molecule has 1 aliphatic carbocycles. The summed E-state index contributed by atoms with van der Waals surface area (Å²) < 4.78 is 13.2. The van der Waals surface area contributed by atoms with Crippen LogP contribution in [0.5, 0.6) is 11.5 Å². The van der Waals surface area contributed by atoms with Crippen molar-refractivity contribution >= 4 is 5.91 Å². The highest BCUT2D eigenvalue weighted by molar-refractivity contribution is 5.82. The van der Waals surface area contributed by atoms with E-state index in [0.717, 1.165) is 43.4 Å². The number of fused-ring (bicyclic) bond motifs is 2. The summed E-state index contributed by atoms with van der Waals surface area (Å²) in [7, 11) is 0. The standard InChI is InChI=1S/C22H25N3O4/c26-21-12-16-4-3-5-17(16)23-25(21)13-15-8-10-24(11-9-15)22(27)20-14-28-18-6-1-2-7-19(18)29-20/h1-2,6-7,12,15,20H,3-5,8-11,13-14H2. The van der Waals surface area contributed by atoms with Gasteiger partial charge in [-0.1, -0.05) is 12.1 Å². The highest BCUT2D eigenvalue weighted by Crippen LogP contribution is 2.31. The van der Waals surface area contributed by atoms with Gasteiger partial charge in [0.2, 0.25) is 6.10 Å². The van der Waals surface area contributed by atoms with E-state index in [2.05, 4.69) is 5.10 Å². The molecule has 0 radical (unpaired) electrons. The van der Waals surface area contributed by atoms with Gasteiger partial charge >= 0.3 is 0 Å². The van der Waals surface area contributed by atoms with Gasteiger partial charge in [0.05, 0.1) is 5.69 Å². The minimum atomic E-state index is -0.595. The van der Waals surface area contributed by atoms with E-state index in [4.69, 9.17) is 9.47 Å². The predicted octanol–water partition coefficient (Wildman–Crippen LogP) is 1.81. The number of likely N-dealkylation sites (tertiary alicyclic amines) is 1. The number of ether oxygens (including phenoxy) is 2. The molecule has 0 bridgehead atoms. The normalized spacial score (nSPS) is 21.1. The van der Waals surface area contributed by atoms with Gasteiger partial charge in [-0.3, -0.25) is 9.59 Å². The van der Waals surface area contributed by atoms with Crippen LogP contribution in [0.4, 0.5) is 0 Å². The second kappa shape index (κ2) is 7.54. The number of aryl methyl sites for hydroxylation is 2. The lowest BCUT2D eigenvalue weighted by Crippen LogP contribution is -2.49. The number of amides is 1. The maximum absolute atomic E-state index is 12.9. The first kappa shape index (κ1) is 18.2. The molecule has 1 fully saturated rings. The van der Waals surface area contributed by atoms with Gasteiger partial charge in [-0.25, -0.2) is 4.68 Å². The minimum absolute atomic E-state index is 0.00410. The van der Waals surface area contributed by atoms with Crippen molar-refractivity contribution < 1.29 is 14.3 Å². The van der Waals surface area contributed by atoms with E-state index in [9.17, 15) is 9.59 Å². The van der Waals surface area contributed by atoms with Crippen molar-refractivity contribution in [2.75, 3.05) is 19.7 Å². The Labute approximate surface area is 169 Å². The van der Waals surface area contributed by atoms with Gasteiger partial charge in [0.15, 0.2) is 11.5 Å². The summed E-state index contributed by atoms with van der Waals surface area (Å²) in [6.45, 7) is 2.21. The van der Waals surface area contributed by atoms with E-state index in [1.807, 2.05) is 29.2 Å². The Morgan fingerprint density at radius 1 is 1.14 bits per heavy atom. The van der Waals surface area contributed by atoms with Gasteiger partial charge in [-0.2, -0.15) is 5.10 Å². The summed E-state index contributed by atoms with van der Waals surface area (Å²) in [5, 5.41) is 4.58. The lowest BCUT2D eigenvalue weighted by Gasteiger charge is -2.35. The van der Waals surface area contributed by atoms with Crippen LogP contribution in [0.2, 0.25) is 0 Å². The van der Waals surface area contributed by atoms with E-state index < -0.39 is 6.10 Å². The Bertz CT molecular complexity index is 978. The first-order chi connectivity index (χ1) is 14.2. The fourth-order valence-electron chi connectivity index (χ4n) is 4.50. The molecule has 1 aromatic carbocycles. The van der Waals surface area contributed by atoms with Gasteiger partial charge < -0.3 is 14.4 Å². The Hall–Kier alpha value is -2.83. The third-order valence-corrected chi connectivity index (χ3v) is 6.17. The summed E-state index contributed by atoms with van der Waals surface area (Å²) in [6.07, 6.45) is 4.15. The van der Waals surface area contributed by atoms with E-state index >= 15 is 0 Å². The van der Waals surface area contributed by atoms with Crippen molar-refractivity contribution in [1.29, 1.82) is 0 Å². The van der Waals surface area contributed by atoms with Crippen molar-refractivity contribution in [2.24, 2.45) is 5.92 Å². The zero-order valence-corrected chi connectivity index (χ0v) is 16.4. The van der Waals surface area contributed by atoms with Crippen molar-refractivity contribution in [3.8, 4) is 11.5 Å². The van der Waals surface area contributed by atoms with Gasteiger partial charge in [-0.05, 0) is 55.7 Å². The maximum atomic E-state index is 12.9. The molecule has 0 N–H and O–H groups in total. The number of rotatable bonds is 3. The molecule has 2 aromatic rings. The molecular weight excluding hydrogens is 370 g/mol. The monoisotopic (exact) mass is 395 g/mol. The van der Waals surface area contributed by atoms with Crippen LogP contribution in [0.3, 0.4) is 0 Å². The molecule has 1 saturated heterocycles. The smallest absolute Gasteiger partial charge is 0.267 e. The fourth-order valence-corrected chi connectivity index (χ4v) is 4.50. The van der Waals surface area contributed by atoms with Crippen LogP contribution in [0.15, 0.2) is 35.1 Å². The molecule has 1 unspecified atom stereocenters. The van der Waals surface area contributed by atoms with Crippen LogP contribution in [0.1, 0.15) is 30.5 Å². The number of nitrogens with zero attached hydrogens (tertiary/aromatic N) is 3. The molecule has 7 heteroatoms. The molecule has 3 aliphatic rings. The van der Waals surface area contributed by atoms with E-state index in [0.29, 0.717) is 37.1 Å². The molecular formula is C22H25N3O4. The predicted molar refractivity (Wildman–Crippen MR) is 106 cm³/mol. The molecule has 5 rings (SSSR count). The third kappa shape index (κ3) is 3.61. The van der Waals surface area contributed by atoms with Crippen molar-refractivity contribution in [3.63, 3.8) is 0 Å². The van der Waals surface area contributed by atoms with E-state index in [1.165, 1.54) is 0 Å². The van der Waals surface area contributed by atoms with Gasteiger partial charge in [-0.15, -0.1) is 0 Å². The van der Waals surface area contributed by atoms with Crippen LogP contribution in [0.25, 0.3) is 0 Å². The highest BCUT2D eigenvalue weighted by atomic mass is 16.6. The van der Waals surface area contributed by atoms with Crippen molar-refractivity contribution in [2.45, 2.75) is 44.8 Å². The van der Waals surface area contributed by atoms with Crippen LogP contribution >= 0.6 is 0 Å². The Balaban J connectivity index is 1.18. The van der Waals surface area contributed by atoms with E-state index in [1.54, 1.807) is 10.7 Å². The van der Waals surface area contributed by atoms with Crippen molar-refractivity contribution in [3.05, 3.63) is 51.9 Å². The van der Waals surface area contributed by atoms with Crippen LogP contribution in [0, 0.1) is 5.92 Å². The SMILES string of the molecule is O=C(C1COc2ccccc2O1)N1CCC(Cn2nc3c(cc2=O)CCC3)CC1. The molecule has 152 valence electrons. The second-order valence-corrected chi connectivity index (χ2v) is 8.12. The largest absolute Gasteiger partial charge is 0.485 e. The summed E-state index contributed by atoms with van der Waals surface area (Å²) in [5.41, 5.74) is 2.19. The zero-order valence-electron chi connectivity index (χ0n) is 16.4. The summed E-state index contributed by atoms with van der Waals surface area (Å²) in [6, 6.07) is 9.18.